The lowest BCUT2D eigenvalue weighted by Crippen LogP contribution is -2.06. The van der Waals surface area contributed by atoms with E-state index in [1.165, 1.54) is 6.07 Å². The van der Waals surface area contributed by atoms with Gasteiger partial charge in [-0.1, -0.05) is 12.1 Å². The van der Waals surface area contributed by atoms with Crippen LogP contribution in [-0.2, 0) is 6.54 Å². The summed E-state index contributed by atoms with van der Waals surface area (Å²) < 4.78 is 3.00. The molecule has 0 bridgehead atoms. The molecule has 0 aliphatic heterocycles. The first-order valence-electron chi connectivity index (χ1n) is 6.69. The van der Waals surface area contributed by atoms with Gasteiger partial charge < -0.3 is 10.3 Å². The van der Waals surface area contributed by atoms with Crippen molar-refractivity contribution in [3.05, 3.63) is 64.6 Å². The Morgan fingerprint density at radius 2 is 1.95 bits per heavy atom. The number of benzene rings is 1. The number of anilines is 2. The monoisotopic (exact) mass is 313 g/mol. The first-order chi connectivity index (χ1) is 10.8. The maximum atomic E-state index is 11.3. The fourth-order valence-electron chi connectivity index (χ4n) is 2.15. The van der Waals surface area contributed by atoms with Crippen LogP contribution in [0.3, 0.4) is 0 Å². The molecular formula is C15H15N5OS. The molecule has 3 rings (SSSR count). The van der Waals surface area contributed by atoms with Crippen molar-refractivity contribution in [3.63, 3.8) is 0 Å². The van der Waals surface area contributed by atoms with Crippen LogP contribution >= 0.6 is 12.1 Å². The second-order valence-electron chi connectivity index (χ2n) is 4.70. The summed E-state index contributed by atoms with van der Waals surface area (Å²) in [6, 6.07) is 13.2. The third-order valence-electron chi connectivity index (χ3n) is 3.23. The first kappa shape index (κ1) is 14.6. The van der Waals surface area contributed by atoms with Crippen molar-refractivity contribution < 1.29 is 0 Å². The molecule has 0 saturated heterocycles. The second kappa shape index (κ2) is 6.61. The summed E-state index contributed by atoms with van der Waals surface area (Å²) in [6.07, 6.45) is 1.66. The average Bonchev–Trinajstić information content (AvgIpc) is 2.54. The number of hydrogen-bond donors (Lipinski definition) is 4. The van der Waals surface area contributed by atoms with Gasteiger partial charge in [0.1, 0.15) is 5.65 Å². The van der Waals surface area contributed by atoms with Crippen LogP contribution < -0.4 is 20.7 Å². The number of nitrogens with two attached hydrogens (primary N) is 1. The van der Waals surface area contributed by atoms with Gasteiger partial charge in [-0.3, -0.25) is 9.93 Å². The molecule has 0 unspecified atom stereocenters. The summed E-state index contributed by atoms with van der Waals surface area (Å²) in [4.78, 5) is 18.2. The van der Waals surface area contributed by atoms with Crippen molar-refractivity contribution in [2.24, 2.45) is 5.14 Å². The normalized spacial score (nSPS) is 10.8. The fourth-order valence-corrected chi connectivity index (χ4v) is 2.40. The van der Waals surface area contributed by atoms with Crippen LogP contribution in [0.15, 0.2) is 53.5 Å². The summed E-state index contributed by atoms with van der Waals surface area (Å²) in [7, 11) is 0. The lowest BCUT2D eigenvalue weighted by Gasteiger charge is -2.10. The van der Waals surface area contributed by atoms with Gasteiger partial charge in [-0.05, 0) is 29.8 Å². The second-order valence-corrected chi connectivity index (χ2v) is 5.23. The van der Waals surface area contributed by atoms with Crippen molar-refractivity contribution >= 4 is 34.5 Å². The fraction of sp³-hybridized carbons (Fsp3) is 0.0667. The van der Waals surface area contributed by atoms with Gasteiger partial charge in [-0.2, -0.15) is 0 Å². The maximum absolute atomic E-state index is 11.3. The van der Waals surface area contributed by atoms with Crippen LogP contribution in [0.1, 0.15) is 5.56 Å². The van der Waals surface area contributed by atoms with Gasteiger partial charge >= 0.3 is 0 Å². The molecule has 6 nitrogen and oxygen atoms in total. The van der Waals surface area contributed by atoms with Crippen molar-refractivity contribution in [2.75, 3.05) is 5.32 Å². The molecule has 0 aliphatic carbocycles. The number of nitrogens with zero attached hydrogens (tertiary/aromatic N) is 1. The molecule has 3 aromatic rings. The molecule has 0 amide bonds. The number of aromatic nitrogens is 2. The minimum Gasteiger partial charge on any atom is -0.355 e. The van der Waals surface area contributed by atoms with E-state index in [2.05, 4.69) is 20.0 Å². The van der Waals surface area contributed by atoms with Gasteiger partial charge in [-0.15, -0.1) is 0 Å². The zero-order valence-corrected chi connectivity index (χ0v) is 12.5. The van der Waals surface area contributed by atoms with Gasteiger partial charge in [0.05, 0.1) is 5.69 Å². The van der Waals surface area contributed by atoms with Crippen LogP contribution in [0.2, 0.25) is 0 Å². The number of nitrogens with one attached hydrogen (secondary N) is 3. The molecule has 7 heteroatoms. The number of fused-ring (bicyclic) bond motifs is 1. The Hall–Kier alpha value is -2.35. The van der Waals surface area contributed by atoms with Gasteiger partial charge in [0.15, 0.2) is 0 Å². The molecule has 0 fully saturated rings. The summed E-state index contributed by atoms with van der Waals surface area (Å²) in [5.41, 5.74) is 3.41. The van der Waals surface area contributed by atoms with Crippen LogP contribution in [0.4, 0.5) is 11.4 Å². The molecule has 1 aromatic carbocycles. The minimum atomic E-state index is -0.160. The van der Waals surface area contributed by atoms with Gasteiger partial charge in [0.2, 0.25) is 5.56 Å². The van der Waals surface area contributed by atoms with Crippen LogP contribution in [-0.4, -0.2) is 9.97 Å². The summed E-state index contributed by atoms with van der Waals surface area (Å²) >= 11 is 1.10. The SMILES string of the molecule is NSNCc1ccc(Nc2ccnc3[nH]c(=O)ccc23)cc1. The Labute approximate surface area is 131 Å². The molecule has 2 aromatic heterocycles. The molecule has 0 radical (unpaired) electrons. The number of hydrogen-bond acceptors (Lipinski definition) is 6. The zero-order chi connectivity index (χ0) is 15.4. The van der Waals surface area contributed by atoms with Gasteiger partial charge in [-0.25, -0.2) is 9.71 Å². The van der Waals surface area contributed by atoms with Gasteiger partial charge in [0, 0.05) is 42.0 Å². The molecule has 0 spiro atoms. The highest BCUT2D eigenvalue weighted by molar-refractivity contribution is 7.95. The van der Waals surface area contributed by atoms with Crippen molar-refractivity contribution in [1.29, 1.82) is 0 Å². The van der Waals surface area contributed by atoms with E-state index in [1.807, 2.05) is 30.3 Å². The standard InChI is InChI=1S/C15H15N5OS/c16-22-18-9-10-1-3-11(4-2-10)19-13-7-8-17-15-12(13)5-6-14(21)20-15/h1-8,18H,9,16H2,(H2,17,19,20,21). The lowest BCUT2D eigenvalue weighted by molar-refractivity contribution is 0.978. The molecule has 0 aliphatic rings. The molecule has 112 valence electrons. The number of H-pyrrole nitrogens is 1. The minimum absolute atomic E-state index is 0.160. The largest absolute Gasteiger partial charge is 0.355 e. The number of aromatic amines is 1. The predicted octanol–water partition coefficient (Wildman–Crippen LogP) is 2.28. The molecular weight excluding hydrogens is 298 g/mol. The Morgan fingerprint density at radius 3 is 2.73 bits per heavy atom. The molecule has 22 heavy (non-hydrogen) atoms. The number of rotatable bonds is 5. The topological polar surface area (TPSA) is 95.8 Å². The van der Waals surface area contributed by atoms with E-state index in [1.54, 1.807) is 12.3 Å². The van der Waals surface area contributed by atoms with Crippen LogP contribution in [0, 0.1) is 0 Å². The van der Waals surface area contributed by atoms with E-state index in [4.69, 9.17) is 5.14 Å². The average molecular weight is 313 g/mol. The molecule has 2 heterocycles. The molecule has 0 saturated carbocycles. The van der Waals surface area contributed by atoms with Crippen molar-refractivity contribution in [2.45, 2.75) is 6.54 Å². The Balaban J connectivity index is 1.85. The lowest BCUT2D eigenvalue weighted by atomic mass is 10.2. The van der Waals surface area contributed by atoms with Gasteiger partial charge in [0.25, 0.3) is 0 Å². The highest BCUT2D eigenvalue weighted by Crippen LogP contribution is 2.23. The van der Waals surface area contributed by atoms with E-state index in [-0.39, 0.29) is 5.56 Å². The van der Waals surface area contributed by atoms with Crippen LogP contribution in [0.25, 0.3) is 11.0 Å². The van der Waals surface area contributed by atoms with E-state index < -0.39 is 0 Å². The maximum Gasteiger partial charge on any atom is 0.249 e. The van der Waals surface area contributed by atoms with E-state index in [9.17, 15) is 4.79 Å². The number of pyridine rings is 2. The zero-order valence-electron chi connectivity index (χ0n) is 11.7. The van der Waals surface area contributed by atoms with E-state index >= 15 is 0 Å². The van der Waals surface area contributed by atoms with E-state index in [0.717, 1.165) is 34.5 Å². The summed E-state index contributed by atoms with van der Waals surface area (Å²) in [5.74, 6) is 0. The third kappa shape index (κ3) is 3.28. The highest BCUT2D eigenvalue weighted by Gasteiger charge is 2.03. The summed E-state index contributed by atoms with van der Waals surface area (Å²) in [5, 5.41) is 9.54. The Kier molecular flexibility index (Phi) is 4.38. The van der Waals surface area contributed by atoms with Crippen LogP contribution in [0.5, 0.6) is 0 Å². The highest BCUT2D eigenvalue weighted by atomic mass is 32.2. The first-order valence-corrected chi connectivity index (χ1v) is 7.57. The Bertz CT molecular complexity index is 831. The molecule has 0 atom stereocenters. The van der Waals surface area contributed by atoms with Crippen molar-refractivity contribution in [1.82, 2.24) is 14.7 Å². The molecule has 5 N–H and O–H groups in total. The third-order valence-corrected chi connectivity index (χ3v) is 3.54. The summed E-state index contributed by atoms with van der Waals surface area (Å²) in [6.45, 7) is 0.709. The predicted molar refractivity (Wildman–Crippen MR) is 90.7 cm³/mol. The smallest absolute Gasteiger partial charge is 0.249 e. The Morgan fingerprint density at radius 1 is 1.14 bits per heavy atom. The quantitative estimate of drug-likeness (QED) is 0.540. The van der Waals surface area contributed by atoms with Crippen molar-refractivity contribution in [3.8, 4) is 0 Å². The van der Waals surface area contributed by atoms with E-state index in [0.29, 0.717) is 12.2 Å².